The molecule has 0 saturated carbocycles. The van der Waals surface area contributed by atoms with Crippen molar-refractivity contribution in [1.29, 1.82) is 0 Å². The first-order valence-corrected chi connectivity index (χ1v) is 6.26. The van der Waals surface area contributed by atoms with Gasteiger partial charge in [-0.2, -0.15) is 0 Å². The van der Waals surface area contributed by atoms with Crippen LogP contribution < -0.4 is 10.6 Å². The Bertz CT molecular complexity index is 185. The summed E-state index contributed by atoms with van der Waals surface area (Å²) in [6, 6.07) is 0.968. The standard InChI is InChI=1S/C12H27N3O/c1-6-7-13-12(16)14-8-9-15(10(2)3)11(4)5/h10-11H,6-9H2,1-5H3,(H2,13,14,16). The third-order valence-corrected chi connectivity index (χ3v) is 2.52. The van der Waals surface area contributed by atoms with Crippen molar-refractivity contribution in [2.24, 2.45) is 0 Å². The molecule has 0 saturated heterocycles. The van der Waals surface area contributed by atoms with E-state index in [9.17, 15) is 4.79 Å². The van der Waals surface area contributed by atoms with Gasteiger partial charge in [0.1, 0.15) is 0 Å². The first-order valence-electron chi connectivity index (χ1n) is 6.26. The van der Waals surface area contributed by atoms with E-state index in [1.165, 1.54) is 0 Å². The number of rotatable bonds is 7. The molecule has 0 rings (SSSR count). The van der Waals surface area contributed by atoms with Crippen LogP contribution in [0.4, 0.5) is 4.79 Å². The predicted molar refractivity (Wildman–Crippen MR) is 68.7 cm³/mol. The number of hydrogen-bond acceptors (Lipinski definition) is 2. The fourth-order valence-electron chi connectivity index (χ4n) is 1.71. The van der Waals surface area contributed by atoms with E-state index in [4.69, 9.17) is 0 Å². The number of carbonyl (C=O) groups is 1. The smallest absolute Gasteiger partial charge is 0.314 e. The fraction of sp³-hybridized carbons (Fsp3) is 0.917. The number of nitrogens with zero attached hydrogens (tertiary/aromatic N) is 1. The van der Waals surface area contributed by atoms with Crippen LogP contribution in [0.3, 0.4) is 0 Å². The van der Waals surface area contributed by atoms with Gasteiger partial charge < -0.3 is 10.6 Å². The highest BCUT2D eigenvalue weighted by Crippen LogP contribution is 2.02. The van der Waals surface area contributed by atoms with Crippen molar-refractivity contribution < 1.29 is 4.79 Å². The third-order valence-electron chi connectivity index (χ3n) is 2.52. The summed E-state index contributed by atoms with van der Waals surface area (Å²) in [5, 5.41) is 5.66. The molecule has 4 nitrogen and oxygen atoms in total. The third kappa shape index (κ3) is 6.67. The number of amides is 2. The van der Waals surface area contributed by atoms with Gasteiger partial charge in [0.05, 0.1) is 0 Å². The maximum atomic E-state index is 11.3. The van der Waals surface area contributed by atoms with Crippen molar-refractivity contribution in [3.63, 3.8) is 0 Å². The van der Waals surface area contributed by atoms with Crippen LogP contribution in [0.1, 0.15) is 41.0 Å². The summed E-state index contributed by atoms with van der Waals surface area (Å²) in [6.07, 6.45) is 0.970. The lowest BCUT2D eigenvalue weighted by atomic mass is 10.2. The normalized spacial score (nSPS) is 11.2. The Balaban J connectivity index is 3.73. The topological polar surface area (TPSA) is 44.4 Å². The molecule has 0 heterocycles. The summed E-state index contributed by atoms with van der Waals surface area (Å²) in [5.74, 6) is 0. The van der Waals surface area contributed by atoms with Gasteiger partial charge in [-0.15, -0.1) is 0 Å². The van der Waals surface area contributed by atoms with E-state index in [0.29, 0.717) is 18.6 Å². The quantitative estimate of drug-likeness (QED) is 0.699. The Morgan fingerprint density at radius 1 is 1.06 bits per heavy atom. The van der Waals surface area contributed by atoms with Gasteiger partial charge in [-0.3, -0.25) is 4.90 Å². The number of hydrogen-bond donors (Lipinski definition) is 2. The Morgan fingerprint density at radius 2 is 1.56 bits per heavy atom. The van der Waals surface area contributed by atoms with Crippen LogP contribution in [0.2, 0.25) is 0 Å². The highest BCUT2D eigenvalue weighted by molar-refractivity contribution is 5.73. The Labute approximate surface area is 99.8 Å². The maximum Gasteiger partial charge on any atom is 0.314 e. The summed E-state index contributed by atoms with van der Waals surface area (Å²) >= 11 is 0. The molecule has 4 heteroatoms. The molecule has 0 aliphatic rings. The average Bonchev–Trinajstić information content (AvgIpc) is 2.20. The zero-order chi connectivity index (χ0) is 12.6. The zero-order valence-electron chi connectivity index (χ0n) is 11.3. The molecule has 0 radical (unpaired) electrons. The van der Waals surface area contributed by atoms with Gasteiger partial charge in [-0.05, 0) is 34.1 Å². The minimum absolute atomic E-state index is 0.0608. The Morgan fingerprint density at radius 3 is 2.00 bits per heavy atom. The summed E-state index contributed by atoms with van der Waals surface area (Å²) in [5.41, 5.74) is 0. The largest absolute Gasteiger partial charge is 0.338 e. The van der Waals surface area contributed by atoms with Crippen molar-refractivity contribution in [2.45, 2.75) is 53.1 Å². The molecule has 0 fully saturated rings. The molecule has 16 heavy (non-hydrogen) atoms. The average molecular weight is 229 g/mol. The fourth-order valence-corrected chi connectivity index (χ4v) is 1.71. The van der Waals surface area contributed by atoms with E-state index < -0.39 is 0 Å². The molecule has 0 bridgehead atoms. The van der Waals surface area contributed by atoms with Gasteiger partial charge >= 0.3 is 6.03 Å². The van der Waals surface area contributed by atoms with Gasteiger partial charge in [-0.25, -0.2) is 4.79 Å². The summed E-state index contributed by atoms with van der Waals surface area (Å²) in [7, 11) is 0. The second kappa shape index (κ2) is 8.39. The molecule has 0 unspecified atom stereocenters. The summed E-state index contributed by atoms with van der Waals surface area (Å²) < 4.78 is 0. The Hall–Kier alpha value is -0.770. The van der Waals surface area contributed by atoms with Crippen LogP contribution in [-0.4, -0.2) is 42.6 Å². The van der Waals surface area contributed by atoms with E-state index in [1.807, 2.05) is 6.92 Å². The highest BCUT2D eigenvalue weighted by atomic mass is 16.2. The number of urea groups is 1. The van der Waals surface area contributed by atoms with Gasteiger partial charge in [0.15, 0.2) is 0 Å². The van der Waals surface area contributed by atoms with E-state index in [0.717, 1.165) is 19.5 Å². The number of carbonyl (C=O) groups excluding carboxylic acids is 1. The van der Waals surface area contributed by atoms with Gasteiger partial charge in [0.25, 0.3) is 0 Å². The van der Waals surface area contributed by atoms with Crippen molar-refractivity contribution in [3.8, 4) is 0 Å². The molecule has 2 N–H and O–H groups in total. The van der Waals surface area contributed by atoms with Crippen LogP contribution in [0, 0.1) is 0 Å². The van der Waals surface area contributed by atoms with Crippen LogP contribution in [0.25, 0.3) is 0 Å². The first-order chi connectivity index (χ1) is 7.49. The van der Waals surface area contributed by atoms with E-state index in [-0.39, 0.29) is 6.03 Å². The monoisotopic (exact) mass is 229 g/mol. The maximum absolute atomic E-state index is 11.3. The van der Waals surface area contributed by atoms with Gasteiger partial charge in [0.2, 0.25) is 0 Å². The molecule has 0 aliphatic heterocycles. The molecule has 96 valence electrons. The molecule has 0 spiro atoms. The molecule has 0 aromatic rings. The Kier molecular flexibility index (Phi) is 7.99. The van der Waals surface area contributed by atoms with E-state index in [2.05, 4.69) is 43.2 Å². The SMILES string of the molecule is CCCNC(=O)NCCN(C(C)C)C(C)C. The van der Waals surface area contributed by atoms with Crippen LogP contribution >= 0.6 is 0 Å². The summed E-state index contributed by atoms with van der Waals surface area (Å²) in [4.78, 5) is 13.6. The van der Waals surface area contributed by atoms with Crippen LogP contribution in [-0.2, 0) is 0 Å². The molecule has 0 atom stereocenters. The molecular weight excluding hydrogens is 202 g/mol. The van der Waals surface area contributed by atoms with Crippen LogP contribution in [0.15, 0.2) is 0 Å². The van der Waals surface area contributed by atoms with Crippen molar-refractivity contribution in [3.05, 3.63) is 0 Å². The molecule has 0 aromatic carbocycles. The van der Waals surface area contributed by atoms with Gasteiger partial charge in [0, 0.05) is 31.7 Å². The number of nitrogens with one attached hydrogen (secondary N) is 2. The first kappa shape index (κ1) is 15.2. The summed E-state index contributed by atoms with van der Waals surface area (Å²) in [6.45, 7) is 13.1. The van der Waals surface area contributed by atoms with E-state index in [1.54, 1.807) is 0 Å². The lowest BCUT2D eigenvalue weighted by Crippen LogP contribution is -2.44. The lowest BCUT2D eigenvalue weighted by Gasteiger charge is -2.30. The molecule has 0 aliphatic carbocycles. The highest BCUT2D eigenvalue weighted by Gasteiger charge is 2.12. The predicted octanol–water partition coefficient (Wildman–Crippen LogP) is 1.81. The minimum atomic E-state index is -0.0608. The molecule has 0 aromatic heterocycles. The second-order valence-corrected chi connectivity index (χ2v) is 4.61. The van der Waals surface area contributed by atoms with Crippen molar-refractivity contribution in [2.75, 3.05) is 19.6 Å². The van der Waals surface area contributed by atoms with Crippen molar-refractivity contribution in [1.82, 2.24) is 15.5 Å². The van der Waals surface area contributed by atoms with Gasteiger partial charge in [-0.1, -0.05) is 6.92 Å². The second-order valence-electron chi connectivity index (χ2n) is 4.61. The minimum Gasteiger partial charge on any atom is -0.338 e. The van der Waals surface area contributed by atoms with Crippen LogP contribution in [0.5, 0.6) is 0 Å². The molecule has 2 amide bonds. The van der Waals surface area contributed by atoms with E-state index >= 15 is 0 Å². The zero-order valence-corrected chi connectivity index (χ0v) is 11.3. The lowest BCUT2D eigenvalue weighted by molar-refractivity contribution is 0.175. The molecular formula is C12H27N3O. The van der Waals surface area contributed by atoms with Crippen molar-refractivity contribution >= 4 is 6.03 Å².